The number of amides is 1. The van der Waals surface area contributed by atoms with Crippen molar-refractivity contribution in [1.29, 1.82) is 0 Å². The van der Waals surface area contributed by atoms with Gasteiger partial charge in [-0.2, -0.15) is 0 Å². The smallest absolute Gasteiger partial charge is 0.241 e. The van der Waals surface area contributed by atoms with Crippen LogP contribution in [0, 0.1) is 13.8 Å². The van der Waals surface area contributed by atoms with Gasteiger partial charge < -0.3 is 5.32 Å². The molecule has 0 aliphatic heterocycles. The maximum atomic E-state index is 12.2. The molecule has 1 aromatic heterocycles. The molecule has 1 N–H and O–H groups in total. The van der Waals surface area contributed by atoms with E-state index in [0.717, 1.165) is 16.8 Å². The Balaban J connectivity index is 1.65. The van der Waals surface area contributed by atoms with E-state index < -0.39 is 21.5 Å². The number of aromatic nitrogens is 1. The molecule has 0 atom stereocenters. The van der Waals surface area contributed by atoms with Gasteiger partial charge in [0, 0.05) is 10.9 Å². The van der Waals surface area contributed by atoms with E-state index in [1.165, 1.54) is 16.9 Å². The summed E-state index contributed by atoms with van der Waals surface area (Å²) in [5.74, 6) is -1.31. The third kappa shape index (κ3) is 5.24. The highest BCUT2D eigenvalue weighted by Crippen LogP contribution is 2.28. The van der Waals surface area contributed by atoms with E-state index in [2.05, 4.69) is 16.4 Å². The third-order valence-corrected chi connectivity index (χ3v) is 6.22. The van der Waals surface area contributed by atoms with E-state index in [9.17, 15) is 13.2 Å². The van der Waals surface area contributed by atoms with Crippen LogP contribution < -0.4 is 5.32 Å². The van der Waals surface area contributed by atoms with Crippen LogP contribution in [0.4, 0.5) is 5.13 Å². The fourth-order valence-electron chi connectivity index (χ4n) is 2.79. The second-order valence-corrected chi connectivity index (χ2v) is 9.34. The Morgan fingerprint density at radius 3 is 2.56 bits per heavy atom. The summed E-state index contributed by atoms with van der Waals surface area (Å²) in [6.45, 7) is 4.04. The first-order valence-corrected chi connectivity index (χ1v) is 11.1. The molecular weight excluding hydrogens is 380 g/mol. The summed E-state index contributed by atoms with van der Waals surface area (Å²) in [6.07, 6.45) is 0. The number of sulfone groups is 1. The van der Waals surface area contributed by atoms with Gasteiger partial charge in [-0.25, -0.2) is 13.4 Å². The van der Waals surface area contributed by atoms with Crippen LogP contribution in [-0.4, -0.2) is 25.1 Å². The van der Waals surface area contributed by atoms with Crippen molar-refractivity contribution in [2.45, 2.75) is 19.6 Å². The lowest BCUT2D eigenvalue weighted by atomic mass is 10.0. The number of thiazole rings is 1. The molecule has 0 fully saturated rings. The summed E-state index contributed by atoms with van der Waals surface area (Å²) in [5, 5.41) is 4.84. The zero-order chi connectivity index (χ0) is 19.4. The molecule has 7 heteroatoms. The lowest BCUT2D eigenvalue weighted by molar-refractivity contribution is -0.113. The van der Waals surface area contributed by atoms with Gasteiger partial charge in [0.2, 0.25) is 5.91 Å². The first-order valence-electron chi connectivity index (χ1n) is 8.40. The van der Waals surface area contributed by atoms with Crippen LogP contribution in [0.3, 0.4) is 0 Å². The Morgan fingerprint density at radius 1 is 1.11 bits per heavy atom. The summed E-state index contributed by atoms with van der Waals surface area (Å²) < 4.78 is 24.5. The van der Waals surface area contributed by atoms with Crippen LogP contribution in [0.5, 0.6) is 0 Å². The Kier molecular flexibility index (Phi) is 5.72. The van der Waals surface area contributed by atoms with E-state index in [-0.39, 0.29) is 5.75 Å². The number of rotatable bonds is 6. The molecule has 27 heavy (non-hydrogen) atoms. The molecule has 1 amide bonds. The molecule has 0 spiro atoms. The van der Waals surface area contributed by atoms with Crippen LogP contribution in [0.1, 0.15) is 16.7 Å². The molecule has 3 aromatic rings. The summed E-state index contributed by atoms with van der Waals surface area (Å²) in [5.41, 5.74) is 4.69. The Labute approximate surface area is 163 Å². The Bertz CT molecular complexity index is 1060. The maximum Gasteiger partial charge on any atom is 0.241 e. The minimum Gasteiger partial charge on any atom is -0.301 e. The van der Waals surface area contributed by atoms with Gasteiger partial charge in [-0.3, -0.25) is 4.79 Å². The number of hydrogen-bond donors (Lipinski definition) is 1. The van der Waals surface area contributed by atoms with Crippen molar-refractivity contribution in [2.75, 3.05) is 11.1 Å². The SMILES string of the molecule is Cc1ccc(-c2csc(NC(=O)CS(=O)(=O)Cc3ccccc3)n2)c(C)c1. The van der Waals surface area contributed by atoms with Gasteiger partial charge in [-0.05, 0) is 25.0 Å². The predicted molar refractivity (Wildman–Crippen MR) is 110 cm³/mol. The number of carbonyl (C=O) groups is 1. The lowest BCUT2D eigenvalue weighted by Gasteiger charge is -2.05. The highest BCUT2D eigenvalue weighted by molar-refractivity contribution is 7.91. The zero-order valence-corrected chi connectivity index (χ0v) is 16.7. The average molecular weight is 401 g/mol. The molecule has 140 valence electrons. The van der Waals surface area contributed by atoms with Crippen LogP contribution in [0.2, 0.25) is 0 Å². The molecule has 2 aromatic carbocycles. The quantitative estimate of drug-likeness (QED) is 0.679. The Hall–Kier alpha value is -2.51. The number of nitrogens with one attached hydrogen (secondary N) is 1. The molecule has 0 aliphatic rings. The van der Waals surface area contributed by atoms with Gasteiger partial charge in [0.05, 0.1) is 11.4 Å². The maximum absolute atomic E-state index is 12.2. The molecule has 0 radical (unpaired) electrons. The largest absolute Gasteiger partial charge is 0.301 e. The molecule has 0 saturated carbocycles. The zero-order valence-electron chi connectivity index (χ0n) is 15.1. The number of benzene rings is 2. The Morgan fingerprint density at radius 2 is 1.85 bits per heavy atom. The third-order valence-electron chi connectivity index (χ3n) is 3.99. The molecular formula is C20H20N2O3S2. The van der Waals surface area contributed by atoms with Crippen molar-refractivity contribution in [3.05, 3.63) is 70.6 Å². The molecule has 0 bridgehead atoms. The number of anilines is 1. The fourth-order valence-corrected chi connectivity index (χ4v) is 4.79. The standard InChI is InChI=1S/C20H20N2O3S2/c1-14-8-9-17(15(2)10-14)18-11-26-20(21-18)22-19(23)13-27(24,25)12-16-6-4-3-5-7-16/h3-11H,12-13H2,1-2H3,(H,21,22,23). The fraction of sp³-hybridized carbons (Fsp3) is 0.200. The monoisotopic (exact) mass is 400 g/mol. The second kappa shape index (κ2) is 8.02. The minimum atomic E-state index is -3.55. The van der Waals surface area contributed by atoms with E-state index in [4.69, 9.17) is 0 Å². The van der Waals surface area contributed by atoms with Crippen LogP contribution >= 0.6 is 11.3 Å². The number of aryl methyl sites for hydroxylation is 2. The van der Waals surface area contributed by atoms with E-state index in [1.807, 2.05) is 37.4 Å². The van der Waals surface area contributed by atoms with Crippen LogP contribution in [-0.2, 0) is 20.4 Å². The van der Waals surface area contributed by atoms with Gasteiger partial charge in [-0.15, -0.1) is 11.3 Å². The topological polar surface area (TPSA) is 76.1 Å². The second-order valence-electron chi connectivity index (χ2n) is 6.42. The van der Waals surface area contributed by atoms with Crippen LogP contribution in [0.25, 0.3) is 11.3 Å². The van der Waals surface area contributed by atoms with Gasteiger partial charge in [0.25, 0.3) is 0 Å². The van der Waals surface area contributed by atoms with E-state index in [1.54, 1.807) is 24.3 Å². The lowest BCUT2D eigenvalue weighted by Crippen LogP contribution is -2.23. The first kappa shape index (κ1) is 19.3. The highest BCUT2D eigenvalue weighted by atomic mass is 32.2. The predicted octanol–water partition coefficient (Wildman–Crippen LogP) is 3.98. The minimum absolute atomic E-state index is 0.160. The molecule has 0 saturated heterocycles. The summed E-state index contributed by atoms with van der Waals surface area (Å²) in [7, 11) is -3.55. The molecule has 0 aliphatic carbocycles. The van der Waals surface area contributed by atoms with Crippen LogP contribution in [0.15, 0.2) is 53.9 Å². The molecule has 0 unspecified atom stereocenters. The van der Waals surface area contributed by atoms with Gasteiger partial charge in [-0.1, -0.05) is 54.1 Å². The summed E-state index contributed by atoms with van der Waals surface area (Å²) >= 11 is 1.28. The normalized spacial score (nSPS) is 11.3. The summed E-state index contributed by atoms with van der Waals surface area (Å²) in [6, 6.07) is 14.9. The average Bonchev–Trinajstić information content (AvgIpc) is 3.02. The number of carbonyl (C=O) groups excluding carboxylic acids is 1. The molecule has 1 heterocycles. The van der Waals surface area contributed by atoms with Crippen molar-refractivity contribution >= 4 is 32.2 Å². The van der Waals surface area contributed by atoms with Crippen molar-refractivity contribution in [3.63, 3.8) is 0 Å². The molecule has 5 nitrogen and oxygen atoms in total. The summed E-state index contributed by atoms with van der Waals surface area (Å²) in [4.78, 5) is 16.6. The van der Waals surface area contributed by atoms with Crippen molar-refractivity contribution in [1.82, 2.24) is 4.98 Å². The van der Waals surface area contributed by atoms with Gasteiger partial charge >= 0.3 is 0 Å². The number of nitrogens with zero attached hydrogens (tertiary/aromatic N) is 1. The highest BCUT2D eigenvalue weighted by Gasteiger charge is 2.18. The van der Waals surface area contributed by atoms with Gasteiger partial charge in [0.1, 0.15) is 5.75 Å². The van der Waals surface area contributed by atoms with Gasteiger partial charge in [0.15, 0.2) is 15.0 Å². The van der Waals surface area contributed by atoms with E-state index in [0.29, 0.717) is 10.7 Å². The van der Waals surface area contributed by atoms with Crippen molar-refractivity contribution < 1.29 is 13.2 Å². The van der Waals surface area contributed by atoms with Crippen molar-refractivity contribution in [3.8, 4) is 11.3 Å². The number of hydrogen-bond acceptors (Lipinski definition) is 5. The molecule has 3 rings (SSSR count). The van der Waals surface area contributed by atoms with E-state index >= 15 is 0 Å². The first-order chi connectivity index (χ1) is 12.8. The van der Waals surface area contributed by atoms with Crippen molar-refractivity contribution in [2.24, 2.45) is 0 Å².